The average molecular weight is 221 g/mol. The van der Waals surface area contributed by atoms with Crippen LogP contribution in [-0.4, -0.2) is 13.7 Å². The highest BCUT2D eigenvalue weighted by atomic mass is 16.5. The molecule has 0 amide bonds. The van der Waals surface area contributed by atoms with Crippen molar-refractivity contribution in [1.82, 2.24) is 0 Å². The largest absolute Gasteiger partial charge is 0.493 e. The SMILES string of the molecule is COc1cc(C(C)N)ccc1OCC1CC1. The predicted octanol–water partition coefficient (Wildman–Crippen LogP) is 2.50. The molecule has 88 valence electrons. The van der Waals surface area contributed by atoms with E-state index in [0.29, 0.717) is 0 Å². The van der Waals surface area contributed by atoms with Crippen LogP contribution in [0.15, 0.2) is 18.2 Å². The molecule has 0 bridgehead atoms. The second kappa shape index (κ2) is 4.74. The van der Waals surface area contributed by atoms with Gasteiger partial charge in [-0.25, -0.2) is 0 Å². The minimum atomic E-state index is 0.0198. The van der Waals surface area contributed by atoms with E-state index in [0.717, 1.165) is 29.6 Å². The maximum Gasteiger partial charge on any atom is 0.161 e. The van der Waals surface area contributed by atoms with Gasteiger partial charge in [0.1, 0.15) is 0 Å². The van der Waals surface area contributed by atoms with Crippen LogP contribution in [0.2, 0.25) is 0 Å². The molecule has 1 aliphatic carbocycles. The van der Waals surface area contributed by atoms with E-state index in [-0.39, 0.29) is 6.04 Å². The van der Waals surface area contributed by atoms with E-state index in [9.17, 15) is 0 Å². The van der Waals surface area contributed by atoms with Gasteiger partial charge in [0.15, 0.2) is 11.5 Å². The summed E-state index contributed by atoms with van der Waals surface area (Å²) in [6.07, 6.45) is 2.58. The van der Waals surface area contributed by atoms with Crippen LogP contribution in [0.5, 0.6) is 11.5 Å². The van der Waals surface area contributed by atoms with Crippen molar-refractivity contribution in [1.29, 1.82) is 0 Å². The molecule has 0 aromatic heterocycles. The van der Waals surface area contributed by atoms with Crippen LogP contribution in [0, 0.1) is 5.92 Å². The first kappa shape index (κ1) is 11.3. The highest BCUT2D eigenvalue weighted by molar-refractivity contribution is 5.43. The molecular formula is C13H19NO2. The van der Waals surface area contributed by atoms with E-state index >= 15 is 0 Å². The van der Waals surface area contributed by atoms with Crippen LogP contribution in [0.25, 0.3) is 0 Å². The molecule has 0 heterocycles. The van der Waals surface area contributed by atoms with E-state index in [2.05, 4.69) is 0 Å². The van der Waals surface area contributed by atoms with Crippen molar-refractivity contribution < 1.29 is 9.47 Å². The summed E-state index contributed by atoms with van der Waals surface area (Å²) in [5.41, 5.74) is 6.89. The van der Waals surface area contributed by atoms with Crippen molar-refractivity contribution >= 4 is 0 Å². The highest BCUT2D eigenvalue weighted by Crippen LogP contribution is 2.33. The van der Waals surface area contributed by atoms with Crippen LogP contribution in [-0.2, 0) is 0 Å². The van der Waals surface area contributed by atoms with Gasteiger partial charge in [-0.2, -0.15) is 0 Å². The predicted molar refractivity (Wildman–Crippen MR) is 63.8 cm³/mol. The van der Waals surface area contributed by atoms with Crippen LogP contribution in [0.3, 0.4) is 0 Å². The fourth-order valence-corrected chi connectivity index (χ4v) is 1.58. The second-order valence-electron chi connectivity index (χ2n) is 4.45. The van der Waals surface area contributed by atoms with Gasteiger partial charge in [-0.1, -0.05) is 6.07 Å². The molecule has 16 heavy (non-hydrogen) atoms. The van der Waals surface area contributed by atoms with Gasteiger partial charge in [-0.3, -0.25) is 0 Å². The van der Waals surface area contributed by atoms with E-state index in [4.69, 9.17) is 15.2 Å². The maximum absolute atomic E-state index is 5.82. The third kappa shape index (κ3) is 2.67. The molecule has 1 atom stereocenters. The summed E-state index contributed by atoms with van der Waals surface area (Å²) in [5.74, 6) is 2.34. The Labute approximate surface area is 96.5 Å². The normalized spacial score (nSPS) is 16.9. The van der Waals surface area contributed by atoms with Gasteiger partial charge < -0.3 is 15.2 Å². The van der Waals surface area contributed by atoms with Gasteiger partial charge >= 0.3 is 0 Å². The fraction of sp³-hybridized carbons (Fsp3) is 0.538. The van der Waals surface area contributed by atoms with Gasteiger partial charge in [0.2, 0.25) is 0 Å². The monoisotopic (exact) mass is 221 g/mol. The molecule has 0 aliphatic heterocycles. The molecule has 3 heteroatoms. The van der Waals surface area contributed by atoms with Crippen LogP contribution >= 0.6 is 0 Å². The number of methoxy groups -OCH3 is 1. The zero-order chi connectivity index (χ0) is 11.5. The summed E-state index contributed by atoms with van der Waals surface area (Å²) in [6, 6.07) is 5.91. The standard InChI is InChI=1S/C13H19NO2/c1-9(14)11-5-6-12(13(7-11)15-2)16-8-10-3-4-10/h5-7,9-10H,3-4,8,14H2,1-2H3. The molecule has 0 saturated heterocycles. The summed E-state index contributed by atoms with van der Waals surface area (Å²) in [4.78, 5) is 0. The Kier molecular flexibility index (Phi) is 3.34. The first-order chi connectivity index (χ1) is 7.70. The smallest absolute Gasteiger partial charge is 0.161 e. The van der Waals surface area contributed by atoms with Crippen LogP contribution in [0.4, 0.5) is 0 Å². The lowest BCUT2D eigenvalue weighted by molar-refractivity contribution is 0.280. The second-order valence-corrected chi connectivity index (χ2v) is 4.45. The Bertz CT molecular complexity index is 359. The summed E-state index contributed by atoms with van der Waals surface area (Å²) >= 11 is 0. The number of benzene rings is 1. The summed E-state index contributed by atoms with van der Waals surface area (Å²) in [5, 5.41) is 0. The highest BCUT2D eigenvalue weighted by Gasteiger charge is 2.22. The minimum Gasteiger partial charge on any atom is -0.493 e. The summed E-state index contributed by atoms with van der Waals surface area (Å²) < 4.78 is 11.0. The topological polar surface area (TPSA) is 44.5 Å². The van der Waals surface area contributed by atoms with Crippen molar-refractivity contribution in [3.8, 4) is 11.5 Å². The van der Waals surface area contributed by atoms with E-state index in [1.807, 2.05) is 25.1 Å². The first-order valence-electron chi connectivity index (χ1n) is 5.77. The lowest BCUT2D eigenvalue weighted by atomic mass is 10.1. The first-order valence-corrected chi connectivity index (χ1v) is 5.77. The molecule has 1 unspecified atom stereocenters. The van der Waals surface area contributed by atoms with Gasteiger partial charge in [-0.15, -0.1) is 0 Å². The molecule has 2 N–H and O–H groups in total. The van der Waals surface area contributed by atoms with Crippen molar-refractivity contribution in [2.75, 3.05) is 13.7 Å². The van der Waals surface area contributed by atoms with Crippen molar-refractivity contribution in [2.45, 2.75) is 25.8 Å². The average Bonchev–Trinajstić information content (AvgIpc) is 3.09. The number of hydrogen-bond donors (Lipinski definition) is 1. The van der Waals surface area contributed by atoms with Crippen LogP contribution < -0.4 is 15.2 Å². The molecule has 1 aliphatic rings. The Hall–Kier alpha value is -1.22. The Balaban J connectivity index is 2.09. The molecule has 0 spiro atoms. The molecule has 1 aromatic carbocycles. The molecule has 3 nitrogen and oxygen atoms in total. The fourth-order valence-electron chi connectivity index (χ4n) is 1.58. The quantitative estimate of drug-likeness (QED) is 0.830. The molecule has 1 fully saturated rings. The van der Waals surface area contributed by atoms with Gasteiger partial charge in [0, 0.05) is 6.04 Å². The zero-order valence-corrected chi connectivity index (χ0v) is 9.90. The number of hydrogen-bond acceptors (Lipinski definition) is 3. The van der Waals surface area contributed by atoms with Crippen LogP contribution in [0.1, 0.15) is 31.4 Å². The lowest BCUT2D eigenvalue weighted by Crippen LogP contribution is -2.06. The Morgan fingerprint density at radius 2 is 2.12 bits per heavy atom. The lowest BCUT2D eigenvalue weighted by Gasteiger charge is -2.13. The van der Waals surface area contributed by atoms with Crippen molar-refractivity contribution in [3.63, 3.8) is 0 Å². The summed E-state index contributed by atoms with van der Waals surface area (Å²) in [7, 11) is 1.66. The number of ether oxygens (including phenoxy) is 2. The summed E-state index contributed by atoms with van der Waals surface area (Å²) in [6.45, 7) is 2.76. The van der Waals surface area contributed by atoms with Crippen molar-refractivity contribution in [3.05, 3.63) is 23.8 Å². The Morgan fingerprint density at radius 3 is 2.69 bits per heavy atom. The Morgan fingerprint density at radius 1 is 1.38 bits per heavy atom. The van der Waals surface area contributed by atoms with Gasteiger partial charge in [0.05, 0.1) is 13.7 Å². The van der Waals surface area contributed by atoms with E-state index < -0.39 is 0 Å². The zero-order valence-electron chi connectivity index (χ0n) is 9.90. The maximum atomic E-state index is 5.82. The molecule has 2 rings (SSSR count). The third-order valence-electron chi connectivity index (χ3n) is 2.88. The molecule has 1 saturated carbocycles. The van der Waals surface area contributed by atoms with E-state index in [1.54, 1.807) is 7.11 Å². The number of nitrogens with two attached hydrogens (primary N) is 1. The molecular weight excluding hydrogens is 202 g/mol. The number of rotatable bonds is 5. The van der Waals surface area contributed by atoms with E-state index in [1.165, 1.54) is 12.8 Å². The van der Waals surface area contributed by atoms with Crippen molar-refractivity contribution in [2.24, 2.45) is 11.7 Å². The minimum absolute atomic E-state index is 0.0198. The van der Waals surface area contributed by atoms with Gasteiger partial charge in [-0.05, 0) is 43.4 Å². The van der Waals surface area contributed by atoms with Gasteiger partial charge in [0.25, 0.3) is 0 Å². The third-order valence-corrected chi connectivity index (χ3v) is 2.88. The molecule has 0 radical (unpaired) electrons. The molecule has 1 aromatic rings.